The lowest BCUT2D eigenvalue weighted by molar-refractivity contribution is 0.499. The Balaban J connectivity index is 1.86. The summed E-state index contributed by atoms with van der Waals surface area (Å²) in [6.07, 6.45) is 1.89. The molecular weight excluding hydrogens is 208 g/mol. The number of furan rings is 1. The van der Waals surface area contributed by atoms with Crippen molar-refractivity contribution in [3.05, 3.63) is 39.7 Å². The van der Waals surface area contributed by atoms with Crippen molar-refractivity contribution in [1.82, 2.24) is 10.3 Å². The Bertz CT molecular complexity index is 420. The normalized spacial score (nSPS) is 10.8. The van der Waals surface area contributed by atoms with Gasteiger partial charge in [-0.1, -0.05) is 0 Å². The van der Waals surface area contributed by atoms with Gasteiger partial charge in [-0.25, -0.2) is 0 Å². The van der Waals surface area contributed by atoms with Gasteiger partial charge in [0.15, 0.2) is 0 Å². The molecule has 0 radical (unpaired) electrons. The summed E-state index contributed by atoms with van der Waals surface area (Å²) in [6.45, 7) is 5.69. The quantitative estimate of drug-likeness (QED) is 0.864. The minimum atomic E-state index is 0.848. The zero-order valence-corrected chi connectivity index (χ0v) is 9.73. The minimum Gasteiger partial charge on any atom is -0.466 e. The molecular formula is C11H14N2OS. The van der Waals surface area contributed by atoms with Crippen molar-refractivity contribution in [2.24, 2.45) is 0 Å². The van der Waals surface area contributed by atoms with Gasteiger partial charge >= 0.3 is 0 Å². The van der Waals surface area contributed by atoms with Crippen LogP contribution in [0.15, 0.2) is 22.2 Å². The fourth-order valence-corrected chi connectivity index (χ4v) is 2.07. The first kappa shape index (κ1) is 10.4. The third-order valence-electron chi connectivity index (χ3n) is 2.24. The molecule has 2 aromatic heterocycles. The first-order valence-electron chi connectivity index (χ1n) is 4.89. The molecule has 0 aromatic carbocycles. The van der Waals surface area contributed by atoms with E-state index < -0.39 is 0 Å². The van der Waals surface area contributed by atoms with Gasteiger partial charge in [0, 0.05) is 29.7 Å². The predicted octanol–water partition coefficient (Wildman–Crippen LogP) is 2.64. The molecule has 0 aliphatic rings. The van der Waals surface area contributed by atoms with Crippen molar-refractivity contribution in [3.8, 4) is 0 Å². The molecule has 0 saturated heterocycles. The molecule has 0 aliphatic carbocycles. The second-order valence-corrected chi connectivity index (χ2v) is 4.48. The highest BCUT2D eigenvalue weighted by Crippen LogP contribution is 2.13. The molecule has 2 rings (SSSR count). The summed E-state index contributed by atoms with van der Waals surface area (Å²) in [5.41, 5.74) is 3.08. The van der Waals surface area contributed by atoms with Gasteiger partial charge in [0.1, 0.15) is 11.5 Å². The van der Waals surface area contributed by atoms with Gasteiger partial charge in [-0.15, -0.1) is 11.3 Å². The maximum Gasteiger partial charge on any atom is 0.105 e. The molecule has 4 heteroatoms. The lowest BCUT2D eigenvalue weighted by Crippen LogP contribution is -2.11. The van der Waals surface area contributed by atoms with E-state index in [4.69, 9.17) is 4.42 Å². The monoisotopic (exact) mass is 222 g/mol. The molecule has 0 atom stereocenters. The Morgan fingerprint density at radius 3 is 2.87 bits per heavy atom. The second kappa shape index (κ2) is 4.59. The first-order chi connectivity index (χ1) is 7.25. The molecule has 80 valence electrons. The average molecular weight is 222 g/mol. The highest BCUT2D eigenvalue weighted by atomic mass is 32.1. The Morgan fingerprint density at radius 1 is 1.40 bits per heavy atom. The topological polar surface area (TPSA) is 38.1 Å². The third-order valence-corrected chi connectivity index (χ3v) is 3.02. The van der Waals surface area contributed by atoms with E-state index in [0.29, 0.717) is 0 Å². The zero-order chi connectivity index (χ0) is 10.7. The van der Waals surface area contributed by atoms with Crippen molar-refractivity contribution in [1.29, 1.82) is 0 Å². The van der Waals surface area contributed by atoms with Crippen LogP contribution in [0.3, 0.4) is 0 Å². The highest BCUT2D eigenvalue weighted by molar-refractivity contribution is 7.09. The summed E-state index contributed by atoms with van der Waals surface area (Å²) < 4.78 is 5.45. The summed E-state index contributed by atoms with van der Waals surface area (Å²) in [6, 6.07) is 2.08. The Morgan fingerprint density at radius 2 is 2.27 bits per heavy atom. The van der Waals surface area contributed by atoms with Gasteiger partial charge in [0.25, 0.3) is 0 Å². The predicted molar refractivity (Wildman–Crippen MR) is 60.8 cm³/mol. The number of hydrogen-bond donors (Lipinski definition) is 1. The second-order valence-electron chi connectivity index (χ2n) is 3.51. The number of rotatable bonds is 4. The van der Waals surface area contributed by atoms with E-state index in [2.05, 4.69) is 16.4 Å². The fourth-order valence-electron chi connectivity index (χ4n) is 1.51. The molecule has 2 aromatic rings. The van der Waals surface area contributed by atoms with E-state index in [1.165, 1.54) is 10.4 Å². The van der Waals surface area contributed by atoms with Crippen LogP contribution in [0.5, 0.6) is 0 Å². The van der Waals surface area contributed by atoms with Crippen LogP contribution in [0.4, 0.5) is 0 Å². The lowest BCUT2D eigenvalue weighted by Gasteiger charge is -2.00. The largest absolute Gasteiger partial charge is 0.466 e. The van der Waals surface area contributed by atoms with E-state index in [9.17, 15) is 0 Å². The molecule has 0 unspecified atom stereocenters. The number of hydrogen-bond acceptors (Lipinski definition) is 4. The van der Waals surface area contributed by atoms with Crippen LogP contribution in [0.2, 0.25) is 0 Å². The summed E-state index contributed by atoms with van der Waals surface area (Å²) >= 11 is 1.67. The molecule has 0 saturated carbocycles. The van der Waals surface area contributed by atoms with Crippen LogP contribution in [-0.4, -0.2) is 4.98 Å². The maximum atomic E-state index is 5.45. The molecule has 3 nitrogen and oxygen atoms in total. The van der Waals surface area contributed by atoms with E-state index >= 15 is 0 Å². The molecule has 15 heavy (non-hydrogen) atoms. The van der Waals surface area contributed by atoms with Gasteiger partial charge in [-0.3, -0.25) is 4.98 Å². The Labute approximate surface area is 93.2 Å². The van der Waals surface area contributed by atoms with Crippen molar-refractivity contribution < 1.29 is 4.42 Å². The van der Waals surface area contributed by atoms with Crippen LogP contribution >= 0.6 is 11.3 Å². The van der Waals surface area contributed by atoms with Crippen molar-refractivity contribution in [2.75, 3.05) is 0 Å². The van der Waals surface area contributed by atoms with E-state index in [0.717, 1.165) is 24.6 Å². The standard InChI is InChI=1S/C11H14N2OS/c1-8-3-10(9(2)14-8)4-12-5-11-6-13-7-15-11/h3,6-7,12H,4-5H2,1-2H3. The average Bonchev–Trinajstić information content (AvgIpc) is 2.77. The van der Waals surface area contributed by atoms with E-state index in [1.54, 1.807) is 11.3 Å². The van der Waals surface area contributed by atoms with Gasteiger partial charge in [0.2, 0.25) is 0 Å². The first-order valence-corrected chi connectivity index (χ1v) is 5.77. The SMILES string of the molecule is Cc1cc(CNCc2cncs2)c(C)o1. The van der Waals surface area contributed by atoms with Crippen molar-refractivity contribution in [2.45, 2.75) is 26.9 Å². The highest BCUT2D eigenvalue weighted by Gasteiger charge is 2.03. The van der Waals surface area contributed by atoms with Crippen LogP contribution in [0, 0.1) is 13.8 Å². The molecule has 0 amide bonds. The van der Waals surface area contributed by atoms with Crippen LogP contribution in [0.1, 0.15) is 22.0 Å². The Hall–Kier alpha value is -1.13. The number of nitrogens with zero attached hydrogens (tertiary/aromatic N) is 1. The van der Waals surface area contributed by atoms with Crippen molar-refractivity contribution in [3.63, 3.8) is 0 Å². The summed E-state index contributed by atoms with van der Waals surface area (Å²) in [7, 11) is 0. The number of aryl methyl sites for hydroxylation is 2. The van der Waals surface area contributed by atoms with E-state index in [-0.39, 0.29) is 0 Å². The molecule has 1 N–H and O–H groups in total. The molecule has 0 bridgehead atoms. The number of aromatic nitrogens is 1. The summed E-state index contributed by atoms with van der Waals surface area (Å²) in [4.78, 5) is 5.29. The van der Waals surface area contributed by atoms with Gasteiger partial charge in [-0.2, -0.15) is 0 Å². The van der Waals surface area contributed by atoms with Gasteiger partial charge in [-0.05, 0) is 19.9 Å². The number of thiazole rings is 1. The smallest absolute Gasteiger partial charge is 0.105 e. The molecule has 0 spiro atoms. The summed E-state index contributed by atoms with van der Waals surface area (Å²) in [5, 5.41) is 3.37. The summed E-state index contributed by atoms with van der Waals surface area (Å²) in [5.74, 6) is 1.98. The lowest BCUT2D eigenvalue weighted by atomic mass is 10.2. The van der Waals surface area contributed by atoms with Gasteiger partial charge < -0.3 is 9.73 Å². The molecule has 0 fully saturated rings. The maximum absolute atomic E-state index is 5.45. The number of nitrogens with one attached hydrogen (secondary N) is 1. The Kier molecular flexibility index (Phi) is 3.18. The molecule has 2 heterocycles. The van der Waals surface area contributed by atoms with Crippen LogP contribution in [0.25, 0.3) is 0 Å². The molecule has 0 aliphatic heterocycles. The van der Waals surface area contributed by atoms with Crippen LogP contribution < -0.4 is 5.32 Å². The van der Waals surface area contributed by atoms with Crippen LogP contribution in [-0.2, 0) is 13.1 Å². The van der Waals surface area contributed by atoms with Crippen molar-refractivity contribution >= 4 is 11.3 Å². The zero-order valence-electron chi connectivity index (χ0n) is 8.91. The third kappa shape index (κ3) is 2.67. The van der Waals surface area contributed by atoms with E-state index in [1.807, 2.05) is 25.6 Å². The minimum absolute atomic E-state index is 0.848. The van der Waals surface area contributed by atoms with Gasteiger partial charge in [0.05, 0.1) is 5.51 Å². The fraction of sp³-hybridized carbons (Fsp3) is 0.364.